The molecule has 0 heterocycles. The zero-order valence-corrected chi connectivity index (χ0v) is 13.1. The number of rotatable bonds is 6. The highest BCUT2D eigenvalue weighted by molar-refractivity contribution is 5.94. The quantitative estimate of drug-likeness (QED) is 0.840. The van der Waals surface area contributed by atoms with Crippen LogP contribution in [0.2, 0.25) is 0 Å². The van der Waals surface area contributed by atoms with Crippen LogP contribution < -0.4 is 5.32 Å². The van der Waals surface area contributed by atoms with Gasteiger partial charge in [0.2, 0.25) is 0 Å². The van der Waals surface area contributed by atoms with Gasteiger partial charge in [0.25, 0.3) is 5.91 Å². The lowest BCUT2D eigenvalue weighted by Gasteiger charge is -2.24. The minimum atomic E-state index is -0.0828. The van der Waals surface area contributed by atoms with Crippen molar-refractivity contribution in [2.24, 2.45) is 5.92 Å². The Morgan fingerprint density at radius 1 is 1.35 bits per heavy atom. The summed E-state index contributed by atoms with van der Waals surface area (Å²) in [5, 5.41) is 12.6. The molecule has 1 atom stereocenters. The predicted octanol–water partition coefficient (Wildman–Crippen LogP) is 2.41. The number of aryl methyl sites for hydroxylation is 1. The average Bonchev–Trinajstić information content (AvgIpc) is 2.30. The van der Waals surface area contributed by atoms with E-state index < -0.39 is 0 Å². The monoisotopic (exact) mass is 278 g/mol. The lowest BCUT2D eigenvalue weighted by Crippen LogP contribution is -2.42. The molecule has 1 rings (SSSR count). The van der Waals surface area contributed by atoms with Crippen LogP contribution in [-0.4, -0.2) is 42.6 Å². The second-order valence-electron chi connectivity index (χ2n) is 6.06. The molecule has 4 nitrogen and oxygen atoms in total. The highest BCUT2D eigenvalue weighted by Gasteiger charge is 2.16. The van der Waals surface area contributed by atoms with E-state index in [4.69, 9.17) is 0 Å². The molecule has 0 saturated heterocycles. The van der Waals surface area contributed by atoms with Crippen LogP contribution in [0.3, 0.4) is 0 Å². The van der Waals surface area contributed by atoms with Crippen LogP contribution in [0.15, 0.2) is 18.2 Å². The molecular weight excluding hydrogens is 252 g/mol. The number of phenolic OH excluding ortho intramolecular Hbond substituents is 1. The van der Waals surface area contributed by atoms with Crippen LogP contribution in [0.25, 0.3) is 0 Å². The number of aromatic hydroxyl groups is 1. The van der Waals surface area contributed by atoms with Gasteiger partial charge in [-0.25, -0.2) is 0 Å². The van der Waals surface area contributed by atoms with Gasteiger partial charge >= 0.3 is 0 Å². The van der Waals surface area contributed by atoms with Gasteiger partial charge in [-0.2, -0.15) is 0 Å². The van der Waals surface area contributed by atoms with E-state index in [-0.39, 0.29) is 17.7 Å². The van der Waals surface area contributed by atoms with Gasteiger partial charge < -0.3 is 15.3 Å². The number of hydrogen-bond donors (Lipinski definition) is 2. The number of hydrogen-bond acceptors (Lipinski definition) is 3. The van der Waals surface area contributed by atoms with E-state index in [1.807, 2.05) is 14.1 Å². The Balaban J connectivity index is 2.76. The Morgan fingerprint density at radius 2 is 2.00 bits per heavy atom. The maximum absolute atomic E-state index is 12.3. The van der Waals surface area contributed by atoms with Crippen molar-refractivity contribution >= 4 is 5.91 Å². The van der Waals surface area contributed by atoms with Gasteiger partial charge in [0.05, 0.1) is 0 Å². The minimum absolute atomic E-state index is 0.0828. The number of likely N-dealkylation sites (N-methyl/N-ethyl adjacent to an activating group) is 1. The Bertz CT molecular complexity index is 446. The summed E-state index contributed by atoms with van der Waals surface area (Å²) in [7, 11) is 4.01. The van der Waals surface area contributed by atoms with Gasteiger partial charge in [0, 0.05) is 18.2 Å². The van der Waals surface area contributed by atoms with Crippen LogP contribution in [0.4, 0.5) is 0 Å². The van der Waals surface area contributed by atoms with E-state index in [1.165, 1.54) is 0 Å². The molecule has 112 valence electrons. The van der Waals surface area contributed by atoms with Gasteiger partial charge in [-0.1, -0.05) is 13.8 Å². The third-order valence-corrected chi connectivity index (χ3v) is 3.14. The molecule has 1 aromatic carbocycles. The number of nitrogens with zero attached hydrogens (tertiary/aromatic N) is 1. The van der Waals surface area contributed by atoms with Crippen LogP contribution in [0.1, 0.15) is 36.2 Å². The number of amides is 1. The van der Waals surface area contributed by atoms with Crippen LogP contribution in [0, 0.1) is 12.8 Å². The highest BCUT2D eigenvalue weighted by Crippen LogP contribution is 2.17. The molecule has 0 aliphatic carbocycles. The predicted molar refractivity (Wildman–Crippen MR) is 82.1 cm³/mol. The summed E-state index contributed by atoms with van der Waals surface area (Å²) >= 11 is 0. The van der Waals surface area contributed by atoms with Crippen molar-refractivity contribution < 1.29 is 9.90 Å². The van der Waals surface area contributed by atoms with Gasteiger partial charge in [0.15, 0.2) is 0 Å². The summed E-state index contributed by atoms with van der Waals surface area (Å²) in [6.07, 6.45) is 0.945. The standard InChI is InChI=1S/C16H26N2O2/c1-11(2)8-14(10-18(4)5)17-16(20)13-6-7-15(19)12(3)9-13/h6-7,9,11,14,19H,8,10H2,1-5H3,(H,17,20). The van der Waals surface area contributed by atoms with E-state index in [0.29, 0.717) is 17.0 Å². The Labute approximate surface area is 121 Å². The van der Waals surface area contributed by atoms with Gasteiger partial charge in [0.1, 0.15) is 5.75 Å². The van der Waals surface area contributed by atoms with Crippen molar-refractivity contribution in [3.05, 3.63) is 29.3 Å². The van der Waals surface area contributed by atoms with Crippen molar-refractivity contribution in [1.29, 1.82) is 0 Å². The second-order valence-corrected chi connectivity index (χ2v) is 6.06. The van der Waals surface area contributed by atoms with Crippen LogP contribution >= 0.6 is 0 Å². The van der Waals surface area contributed by atoms with Gasteiger partial charge in [-0.05, 0) is 57.1 Å². The molecule has 0 aliphatic heterocycles. The second kappa shape index (κ2) is 7.29. The van der Waals surface area contributed by atoms with E-state index in [1.54, 1.807) is 25.1 Å². The molecule has 20 heavy (non-hydrogen) atoms. The summed E-state index contributed by atoms with van der Waals surface area (Å²) in [6.45, 7) is 6.91. The summed E-state index contributed by atoms with van der Waals surface area (Å²) < 4.78 is 0. The molecule has 0 aromatic heterocycles. The van der Waals surface area contributed by atoms with E-state index in [0.717, 1.165) is 13.0 Å². The summed E-state index contributed by atoms with van der Waals surface area (Å²) in [5.74, 6) is 0.663. The fourth-order valence-corrected chi connectivity index (χ4v) is 2.25. The fourth-order valence-electron chi connectivity index (χ4n) is 2.25. The molecule has 0 saturated carbocycles. The molecule has 1 amide bonds. The number of phenols is 1. The third kappa shape index (κ3) is 5.21. The first-order valence-corrected chi connectivity index (χ1v) is 7.04. The summed E-state index contributed by atoms with van der Waals surface area (Å²) in [6, 6.07) is 5.06. The third-order valence-electron chi connectivity index (χ3n) is 3.14. The van der Waals surface area contributed by atoms with Crippen molar-refractivity contribution in [2.75, 3.05) is 20.6 Å². The normalized spacial score (nSPS) is 12.8. The highest BCUT2D eigenvalue weighted by atomic mass is 16.3. The number of carbonyl (C=O) groups is 1. The fraction of sp³-hybridized carbons (Fsp3) is 0.562. The van der Waals surface area contributed by atoms with Gasteiger partial charge in [-0.3, -0.25) is 4.79 Å². The molecule has 1 aromatic rings. The zero-order chi connectivity index (χ0) is 15.3. The number of benzene rings is 1. The van der Waals surface area contributed by atoms with Crippen molar-refractivity contribution in [3.63, 3.8) is 0 Å². The first-order chi connectivity index (χ1) is 9.29. The molecule has 0 bridgehead atoms. The SMILES string of the molecule is Cc1cc(C(=O)NC(CC(C)C)CN(C)C)ccc1O. The van der Waals surface area contributed by atoms with Crippen molar-refractivity contribution in [2.45, 2.75) is 33.2 Å². The first-order valence-electron chi connectivity index (χ1n) is 7.04. The molecule has 0 spiro atoms. The van der Waals surface area contributed by atoms with E-state index >= 15 is 0 Å². The lowest BCUT2D eigenvalue weighted by molar-refractivity contribution is 0.0924. The smallest absolute Gasteiger partial charge is 0.251 e. The topological polar surface area (TPSA) is 52.6 Å². The summed E-state index contributed by atoms with van der Waals surface area (Å²) in [5.41, 5.74) is 1.30. The summed E-state index contributed by atoms with van der Waals surface area (Å²) in [4.78, 5) is 14.3. The lowest BCUT2D eigenvalue weighted by atomic mass is 10.0. The van der Waals surface area contributed by atoms with Crippen molar-refractivity contribution in [1.82, 2.24) is 10.2 Å². The van der Waals surface area contributed by atoms with E-state index in [2.05, 4.69) is 24.1 Å². The van der Waals surface area contributed by atoms with Crippen LogP contribution in [-0.2, 0) is 0 Å². The Kier molecular flexibility index (Phi) is 6.02. The molecular formula is C16H26N2O2. The average molecular weight is 278 g/mol. The zero-order valence-electron chi connectivity index (χ0n) is 13.1. The maximum Gasteiger partial charge on any atom is 0.251 e. The largest absolute Gasteiger partial charge is 0.508 e. The van der Waals surface area contributed by atoms with Crippen molar-refractivity contribution in [3.8, 4) is 5.75 Å². The number of nitrogens with one attached hydrogen (secondary N) is 1. The first kappa shape index (κ1) is 16.5. The molecule has 0 fully saturated rings. The van der Waals surface area contributed by atoms with Gasteiger partial charge in [-0.15, -0.1) is 0 Å². The molecule has 2 N–H and O–H groups in total. The molecule has 0 radical (unpaired) electrons. The van der Waals surface area contributed by atoms with E-state index in [9.17, 15) is 9.90 Å². The van der Waals surface area contributed by atoms with Crippen LogP contribution in [0.5, 0.6) is 5.75 Å². The maximum atomic E-state index is 12.3. The Morgan fingerprint density at radius 3 is 2.50 bits per heavy atom. The number of carbonyl (C=O) groups excluding carboxylic acids is 1. The molecule has 1 unspecified atom stereocenters. The molecule has 0 aliphatic rings. The minimum Gasteiger partial charge on any atom is -0.508 e. The Hall–Kier alpha value is -1.55. The molecule has 4 heteroatoms.